The van der Waals surface area contributed by atoms with E-state index in [9.17, 15) is 5.11 Å². The second kappa shape index (κ2) is 3.75. The van der Waals surface area contributed by atoms with Crippen LogP contribution >= 0.6 is 0 Å². The zero-order chi connectivity index (χ0) is 11.8. The molecular formula is C13H12N2O2. The molecule has 0 radical (unpaired) electrons. The van der Waals surface area contributed by atoms with Gasteiger partial charge in [-0.2, -0.15) is 0 Å². The lowest BCUT2D eigenvalue weighted by molar-refractivity contribution is 0.164. The van der Waals surface area contributed by atoms with Crippen molar-refractivity contribution in [2.75, 3.05) is 0 Å². The highest BCUT2D eigenvalue weighted by Gasteiger charge is 2.13. The van der Waals surface area contributed by atoms with Crippen LogP contribution in [0.4, 0.5) is 0 Å². The molecule has 0 fully saturated rings. The molecule has 3 rings (SSSR count). The lowest BCUT2D eigenvalue weighted by Gasteiger charge is -1.96. The highest BCUT2D eigenvalue weighted by Crippen LogP contribution is 2.29. The monoisotopic (exact) mass is 228 g/mol. The van der Waals surface area contributed by atoms with E-state index in [1.54, 1.807) is 13.1 Å². The van der Waals surface area contributed by atoms with Gasteiger partial charge in [-0.05, 0) is 13.0 Å². The standard InChI is InChI=1S/C13H12N2O2/c1-8(16)13-15-7-12(17-13)10-6-14-11-5-3-2-4-9(10)11/h2-8,14,16H,1H3/t8-/m1/s1. The molecular weight excluding hydrogens is 216 g/mol. The number of H-pyrrole nitrogens is 1. The van der Waals surface area contributed by atoms with Crippen molar-refractivity contribution in [2.24, 2.45) is 0 Å². The first-order chi connectivity index (χ1) is 8.25. The van der Waals surface area contributed by atoms with E-state index in [1.165, 1.54) is 0 Å². The molecule has 0 aliphatic carbocycles. The minimum absolute atomic E-state index is 0.338. The van der Waals surface area contributed by atoms with Gasteiger partial charge in [0.2, 0.25) is 5.89 Å². The SMILES string of the molecule is C[C@@H](O)c1ncc(-c2c[nH]c3ccccc23)o1. The van der Waals surface area contributed by atoms with Crippen LogP contribution in [0, 0.1) is 0 Å². The zero-order valence-corrected chi connectivity index (χ0v) is 9.34. The van der Waals surface area contributed by atoms with Crippen LogP contribution in [-0.2, 0) is 0 Å². The van der Waals surface area contributed by atoms with Gasteiger partial charge >= 0.3 is 0 Å². The van der Waals surface area contributed by atoms with Crippen molar-refractivity contribution < 1.29 is 9.52 Å². The van der Waals surface area contributed by atoms with Crippen LogP contribution in [0.2, 0.25) is 0 Å². The van der Waals surface area contributed by atoms with Crippen molar-refractivity contribution >= 4 is 10.9 Å². The number of nitrogens with one attached hydrogen (secondary N) is 1. The minimum Gasteiger partial charge on any atom is -0.438 e. The number of aromatic amines is 1. The maximum atomic E-state index is 9.38. The number of fused-ring (bicyclic) bond motifs is 1. The van der Waals surface area contributed by atoms with Crippen LogP contribution in [-0.4, -0.2) is 15.1 Å². The molecule has 2 heterocycles. The summed E-state index contributed by atoms with van der Waals surface area (Å²) in [6, 6.07) is 7.98. The van der Waals surface area contributed by atoms with E-state index in [-0.39, 0.29) is 0 Å². The second-order valence-electron chi connectivity index (χ2n) is 3.99. The first-order valence-corrected chi connectivity index (χ1v) is 5.46. The Labute approximate surface area is 97.9 Å². The van der Waals surface area contributed by atoms with E-state index in [2.05, 4.69) is 9.97 Å². The van der Waals surface area contributed by atoms with Crippen molar-refractivity contribution in [1.82, 2.24) is 9.97 Å². The van der Waals surface area contributed by atoms with Gasteiger partial charge < -0.3 is 14.5 Å². The van der Waals surface area contributed by atoms with E-state index in [0.717, 1.165) is 16.5 Å². The Hall–Kier alpha value is -2.07. The fourth-order valence-corrected chi connectivity index (χ4v) is 1.88. The van der Waals surface area contributed by atoms with Gasteiger partial charge in [0.05, 0.1) is 6.20 Å². The van der Waals surface area contributed by atoms with E-state index < -0.39 is 6.10 Å². The summed E-state index contributed by atoms with van der Waals surface area (Å²) >= 11 is 0. The summed E-state index contributed by atoms with van der Waals surface area (Å²) in [4.78, 5) is 7.22. The molecule has 0 saturated heterocycles. The molecule has 0 saturated carbocycles. The zero-order valence-electron chi connectivity index (χ0n) is 9.34. The van der Waals surface area contributed by atoms with Gasteiger partial charge in [-0.1, -0.05) is 18.2 Å². The Bertz CT molecular complexity index is 652. The molecule has 4 heteroatoms. The average molecular weight is 228 g/mol. The molecule has 0 unspecified atom stereocenters. The van der Waals surface area contributed by atoms with Crippen molar-refractivity contribution in [1.29, 1.82) is 0 Å². The average Bonchev–Trinajstić information content (AvgIpc) is 2.95. The summed E-state index contributed by atoms with van der Waals surface area (Å²) in [5, 5.41) is 10.5. The van der Waals surface area contributed by atoms with Crippen molar-refractivity contribution in [3.63, 3.8) is 0 Å². The van der Waals surface area contributed by atoms with Crippen LogP contribution in [0.1, 0.15) is 18.9 Å². The van der Waals surface area contributed by atoms with Crippen LogP contribution in [0.5, 0.6) is 0 Å². The molecule has 0 spiro atoms. The minimum atomic E-state index is -0.686. The molecule has 0 bridgehead atoms. The number of aromatic nitrogens is 2. The lowest BCUT2D eigenvalue weighted by Crippen LogP contribution is -1.88. The summed E-state index contributed by atoms with van der Waals surface area (Å²) < 4.78 is 5.52. The molecule has 86 valence electrons. The number of aliphatic hydroxyl groups is 1. The summed E-state index contributed by atoms with van der Waals surface area (Å²) in [7, 11) is 0. The number of aliphatic hydroxyl groups excluding tert-OH is 1. The predicted octanol–water partition coefficient (Wildman–Crippen LogP) is 2.88. The van der Waals surface area contributed by atoms with Crippen molar-refractivity contribution in [2.45, 2.75) is 13.0 Å². The maximum Gasteiger partial charge on any atom is 0.223 e. The van der Waals surface area contributed by atoms with Crippen LogP contribution in [0.3, 0.4) is 0 Å². The molecule has 0 amide bonds. The quantitative estimate of drug-likeness (QED) is 0.709. The Balaban J connectivity index is 2.14. The Kier molecular flexibility index (Phi) is 2.23. The van der Waals surface area contributed by atoms with E-state index in [4.69, 9.17) is 4.42 Å². The smallest absolute Gasteiger partial charge is 0.223 e. The Morgan fingerprint density at radius 1 is 1.35 bits per heavy atom. The highest BCUT2D eigenvalue weighted by molar-refractivity contribution is 5.93. The fraction of sp³-hybridized carbons (Fsp3) is 0.154. The molecule has 2 N–H and O–H groups in total. The lowest BCUT2D eigenvalue weighted by atomic mass is 10.1. The van der Waals surface area contributed by atoms with Gasteiger partial charge in [0.15, 0.2) is 5.76 Å². The number of nitrogens with zero attached hydrogens (tertiary/aromatic N) is 1. The number of rotatable bonds is 2. The molecule has 3 aromatic rings. The van der Waals surface area contributed by atoms with Crippen molar-refractivity contribution in [3.05, 3.63) is 42.5 Å². The summed E-state index contributed by atoms with van der Waals surface area (Å²) in [6.07, 6.45) is 2.84. The number of hydrogen-bond acceptors (Lipinski definition) is 3. The van der Waals surface area contributed by atoms with Gasteiger partial charge in [0, 0.05) is 22.7 Å². The van der Waals surface area contributed by atoms with Crippen LogP contribution in [0.15, 0.2) is 41.1 Å². The van der Waals surface area contributed by atoms with Gasteiger partial charge in [-0.25, -0.2) is 4.98 Å². The number of para-hydroxylation sites is 1. The number of hydrogen-bond donors (Lipinski definition) is 2. The Morgan fingerprint density at radius 3 is 2.94 bits per heavy atom. The maximum absolute atomic E-state index is 9.38. The first-order valence-electron chi connectivity index (χ1n) is 5.46. The summed E-state index contributed by atoms with van der Waals surface area (Å²) in [5.74, 6) is 1.00. The van der Waals surface area contributed by atoms with Gasteiger partial charge in [0.1, 0.15) is 6.10 Å². The third kappa shape index (κ3) is 1.62. The topological polar surface area (TPSA) is 62.1 Å². The molecule has 1 aromatic carbocycles. The van der Waals surface area contributed by atoms with Crippen molar-refractivity contribution in [3.8, 4) is 11.3 Å². The first kappa shape index (κ1) is 10.1. The van der Waals surface area contributed by atoms with E-state index in [0.29, 0.717) is 11.7 Å². The Morgan fingerprint density at radius 2 is 2.18 bits per heavy atom. The summed E-state index contributed by atoms with van der Waals surface area (Å²) in [6.45, 7) is 1.63. The van der Waals surface area contributed by atoms with Gasteiger partial charge in [0.25, 0.3) is 0 Å². The highest BCUT2D eigenvalue weighted by atomic mass is 16.4. The summed E-state index contributed by atoms with van der Waals surface area (Å²) in [5.41, 5.74) is 2.01. The normalized spacial score (nSPS) is 13.1. The van der Waals surface area contributed by atoms with Gasteiger partial charge in [-0.3, -0.25) is 0 Å². The molecule has 2 aromatic heterocycles. The van der Waals surface area contributed by atoms with Gasteiger partial charge in [-0.15, -0.1) is 0 Å². The third-order valence-electron chi connectivity index (χ3n) is 2.74. The van der Waals surface area contributed by atoms with Crippen LogP contribution < -0.4 is 0 Å². The fourth-order valence-electron chi connectivity index (χ4n) is 1.88. The predicted molar refractivity (Wildman–Crippen MR) is 64.4 cm³/mol. The molecule has 4 nitrogen and oxygen atoms in total. The molecule has 0 aliphatic heterocycles. The number of benzene rings is 1. The number of oxazole rings is 1. The largest absolute Gasteiger partial charge is 0.438 e. The molecule has 0 aliphatic rings. The van der Waals surface area contributed by atoms with E-state index in [1.807, 2.05) is 30.5 Å². The van der Waals surface area contributed by atoms with E-state index >= 15 is 0 Å². The second-order valence-corrected chi connectivity index (χ2v) is 3.99. The molecule has 17 heavy (non-hydrogen) atoms. The van der Waals surface area contributed by atoms with Crippen LogP contribution in [0.25, 0.3) is 22.2 Å². The third-order valence-corrected chi connectivity index (χ3v) is 2.74. The molecule has 1 atom stereocenters.